The molecule has 0 bridgehead atoms. The lowest BCUT2D eigenvalue weighted by Crippen LogP contribution is -2.37. The molecule has 222 valence electrons. The zero-order valence-electron chi connectivity index (χ0n) is 23.9. The summed E-state index contributed by atoms with van der Waals surface area (Å²) in [6.07, 6.45) is 4.01. The quantitative estimate of drug-likeness (QED) is 0.226. The number of likely N-dealkylation sites (N-methyl/N-ethyl adjacent to an activating group) is 1. The molecule has 0 spiro atoms. The molecule has 0 fully saturated rings. The van der Waals surface area contributed by atoms with Crippen LogP contribution in [-0.2, 0) is 16.2 Å². The first-order valence-corrected chi connectivity index (χ1v) is 13.8. The molecule has 2 N–H and O–H groups in total. The molecule has 12 heteroatoms. The average Bonchev–Trinajstić information content (AvgIpc) is 2.98. The first-order valence-electron chi connectivity index (χ1n) is 13.1. The fourth-order valence-corrected chi connectivity index (χ4v) is 4.83. The van der Waals surface area contributed by atoms with E-state index in [-0.39, 0.29) is 23.9 Å². The second-order valence-electron chi connectivity index (χ2n) is 9.76. The van der Waals surface area contributed by atoms with Crippen LogP contribution in [-0.4, -0.2) is 60.5 Å². The van der Waals surface area contributed by atoms with Gasteiger partial charge in [0, 0.05) is 60.8 Å². The number of pyridine rings is 2. The molecule has 0 unspecified atom stereocenters. The van der Waals surface area contributed by atoms with Crippen LogP contribution in [0.15, 0.2) is 60.8 Å². The minimum atomic E-state index is -1.15. The third kappa shape index (κ3) is 7.40. The normalized spacial score (nSPS) is 11.0. The number of carboxylic acids is 1. The molecule has 2 heterocycles. The largest absolute Gasteiger partial charge is 0.487 e. The molecule has 43 heavy (non-hydrogen) atoms. The number of nitrogens with zero attached hydrogens (tertiary/aromatic N) is 4. The summed E-state index contributed by atoms with van der Waals surface area (Å²) < 4.78 is 6.16. The molecule has 2 aromatic heterocycles. The lowest BCUT2D eigenvalue weighted by molar-refractivity contribution is -0.122. The highest BCUT2D eigenvalue weighted by molar-refractivity contribution is 6.38. The van der Waals surface area contributed by atoms with Gasteiger partial charge in [-0.3, -0.25) is 9.59 Å². The van der Waals surface area contributed by atoms with E-state index in [1.54, 1.807) is 19.2 Å². The van der Waals surface area contributed by atoms with Gasteiger partial charge in [0.15, 0.2) is 0 Å². The molecule has 0 radical (unpaired) electrons. The van der Waals surface area contributed by atoms with E-state index in [2.05, 4.69) is 15.3 Å². The number of fused-ring (bicyclic) bond motifs is 1. The number of aryl methyl sites for hydroxylation is 1. The monoisotopic (exact) mass is 621 g/mol. The van der Waals surface area contributed by atoms with Crippen molar-refractivity contribution in [1.82, 2.24) is 15.3 Å². The van der Waals surface area contributed by atoms with E-state index < -0.39 is 17.8 Å². The van der Waals surface area contributed by atoms with Gasteiger partial charge in [-0.1, -0.05) is 41.4 Å². The Morgan fingerprint density at radius 3 is 2.49 bits per heavy atom. The molecular weight excluding hydrogens is 593 g/mol. The molecular formula is C31H29Cl2N5O5. The van der Waals surface area contributed by atoms with E-state index >= 15 is 0 Å². The van der Waals surface area contributed by atoms with Crippen molar-refractivity contribution in [3.63, 3.8) is 0 Å². The second kappa shape index (κ2) is 13.5. The maximum Gasteiger partial charge on any atom is 0.354 e. The van der Waals surface area contributed by atoms with E-state index in [0.29, 0.717) is 33.1 Å². The Morgan fingerprint density at radius 2 is 1.81 bits per heavy atom. The minimum Gasteiger partial charge on any atom is -0.487 e. The van der Waals surface area contributed by atoms with E-state index in [4.69, 9.17) is 33.0 Å². The summed E-state index contributed by atoms with van der Waals surface area (Å²) >= 11 is 13.2. The molecule has 0 aliphatic heterocycles. The highest BCUT2D eigenvalue weighted by Crippen LogP contribution is 2.36. The summed E-state index contributed by atoms with van der Waals surface area (Å²) in [6, 6.07) is 13.8. The smallest absolute Gasteiger partial charge is 0.354 e. The van der Waals surface area contributed by atoms with Crippen LogP contribution in [0, 0.1) is 6.92 Å². The topological polar surface area (TPSA) is 125 Å². The van der Waals surface area contributed by atoms with Gasteiger partial charge in [0.05, 0.1) is 17.3 Å². The van der Waals surface area contributed by atoms with Gasteiger partial charge in [-0.25, -0.2) is 14.8 Å². The summed E-state index contributed by atoms with van der Waals surface area (Å²) in [5.74, 6) is -1.52. The molecule has 0 aliphatic rings. The number of carbonyl (C=O) groups is 3. The molecule has 10 nitrogen and oxygen atoms in total. The van der Waals surface area contributed by atoms with Gasteiger partial charge in [0.1, 0.15) is 23.6 Å². The Hall–Kier alpha value is -4.67. The summed E-state index contributed by atoms with van der Waals surface area (Å²) in [7, 11) is 5.48. The number of hydrogen-bond acceptors (Lipinski definition) is 7. The van der Waals surface area contributed by atoms with Crippen LogP contribution in [0.5, 0.6) is 5.75 Å². The standard InChI is InChI=1S/C31H29Cl2N5O5/c1-18-14-25(37(2)3)20-6-5-7-26(30(20)36-18)43-17-21-22(32)10-12-24(29(21)33)38(4)28(40)16-35-27(39)13-9-19-8-11-23(31(41)42)34-15-19/h5-15H,16-17H2,1-4H3,(H,35,39)(H,41,42)/b13-9+. The van der Waals surface area contributed by atoms with Crippen molar-refractivity contribution in [3.05, 3.63) is 93.4 Å². The number of anilines is 2. The molecule has 0 saturated carbocycles. The first-order chi connectivity index (χ1) is 20.5. The molecule has 0 atom stereocenters. The first kappa shape index (κ1) is 31.3. The molecule has 4 rings (SSSR count). The number of amides is 2. The van der Waals surface area contributed by atoms with Gasteiger partial charge < -0.3 is 25.0 Å². The van der Waals surface area contributed by atoms with Crippen molar-refractivity contribution in [2.24, 2.45) is 0 Å². The number of ether oxygens (including phenoxy) is 1. The molecule has 4 aromatic rings. The number of aromatic nitrogens is 2. The fraction of sp³-hybridized carbons (Fsp3) is 0.194. The van der Waals surface area contributed by atoms with Gasteiger partial charge in [0.25, 0.3) is 0 Å². The third-order valence-corrected chi connectivity index (χ3v) is 7.29. The van der Waals surface area contributed by atoms with Crippen molar-refractivity contribution >= 4 is 69.3 Å². The van der Waals surface area contributed by atoms with Crippen molar-refractivity contribution in [3.8, 4) is 5.75 Å². The van der Waals surface area contributed by atoms with Gasteiger partial charge >= 0.3 is 5.97 Å². The van der Waals surface area contributed by atoms with Crippen LogP contribution in [0.2, 0.25) is 10.0 Å². The van der Waals surface area contributed by atoms with Crippen LogP contribution in [0.4, 0.5) is 11.4 Å². The van der Waals surface area contributed by atoms with Crippen molar-refractivity contribution in [1.29, 1.82) is 0 Å². The van der Waals surface area contributed by atoms with Crippen molar-refractivity contribution in [2.75, 3.05) is 37.5 Å². The van der Waals surface area contributed by atoms with Crippen LogP contribution in [0.3, 0.4) is 0 Å². The number of benzene rings is 2. The zero-order valence-corrected chi connectivity index (χ0v) is 25.4. The fourth-order valence-electron chi connectivity index (χ4n) is 4.22. The summed E-state index contributed by atoms with van der Waals surface area (Å²) in [5, 5.41) is 13.0. The van der Waals surface area contributed by atoms with Gasteiger partial charge in [-0.05, 0) is 48.9 Å². The minimum absolute atomic E-state index is 0.0312. The van der Waals surface area contributed by atoms with Gasteiger partial charge in [-0.15, -0.1) is 0 Å². The third-order valence-electron chi connectivity index (χ3n) is 6.51. The SMILES string of the molecule is Cc1cc(N(C)C)c2cccc(OCc3c(Cl)ccc(N(C)C(=O)CNC(=O)/C=C/c4ccc(C(=O)O)nc4)c3Cl)c2n1. The maximum atomic E-state index is 12.9. The Labute approximate surface area is 258 Å². The number of aromatic carboxylic acids is 1. The zero-order chi connectivity index (χ0) is 31.3. The van der Waals surface area contributed by atoms with Crippen LogP contribution in [0.25, 0.3) is 17.0 Å². The van der Waals surface area contributed by atoms with E-state index in [9.17, 15) is 14.4 Å². The number of para-hydroxylation sites is 1. The summed E-state index contributed by atoms with van der Waals surface area (Å²) in [5.41, 5.74) is 3.88. The number of carbonyl (C=O) groups excluding carboxylic acids is 2. The van der Waals surface area contributed by atoms with Crippen LogP contribution in [0.1, 0.15) is 27.3 Å². The molecule has 2 aromatic carbocycles. The highest BCUT2D eigenvalue weighted by Gasteiger charge is 2.20. The van der Waals surface area contributed by atoms with Crippen molar-refractivity contribution < 1.29 is 24.2 Å². The van der Waals surface area contributed by atoms with E-state index in [0.717, 1.165) is 16.8 Å². The van der Waals surface area contributed by atoms with E-state index in [1.165, 1.54) is 35.4 Å². The summed E-state index contributed by atoms with van der Waals surface area (Å²) in [6.45, 7) is 1.66. The van der Waals surface area contributed by atoms with Crippen molar-refractivity contribution in [2.45, 2.75) is 13.5 Å². The van der Waals surface area contributed by atoms with Crippen LogP contribution < -0.4 is 19.9 Å². The van der Waals surface area contributed by atoms with Gasteiger partial charge in [-0.2, -0.15) is 0 Å². The van der Waals surface area contributed by atoms with E-state index in [1.807, 2.05) is 50.2 Å². The Bertz CT molecular complexity index is 1720. The lowest BCUT2D eigenvalue weighted by Gasteiger charge is -2.21. The van der Waals surface area contributed by atoms with Gasteiger partial charge in [0.2, 0.25) is 11.8 Å². The average molecular weight is 623 g/mol. The second-order valence-corrected chi connectivity index (χ2v) is 10.5. The predicted octanol–water partition coefficient (Wildman–Crippen LogP) is 5.38. The lowest BCUT2D eigenvalue weighted by atomic mass is 10.1. The number of hydrogen-bond donors (Lipinski definition) is 2. The summed E-state index contributed by atoms with van der Waals surface area (Å²) in [4.78, 5) is 47.9. The Balaban J connectivity index is 1.44. The Kier molecular flexibility index (Phi) is 9.84. The number of halogens is 2. The molecule has 0 saturated heterocycles. The predicted molar refractivity (Wildman–Crippen MR) is 168 cm³/mol. The van der Waals surface area contributed by atoms with Crippen LogP contribution >= 0.6 is 23.2 Å². The number of rotatable bonds is 10. The number of nitrogens with one attached hydrogen (secondary N) is 1. The highest BCUT2D eigenvalue weighted by atomic mass is 35.5. The molecule has 2 amide bonds. The number of carboxylic acid groups (broad SMARTS) is 1. The Morgan fingerprint density at radius 1 is 1.05 bits per heavy atom. The molecule has 0 aliphatic carbocycles. The maximum absolute atomic E-state index is 12.9.